The maximum atomic E-state index is 12.3. The summed E-state index contributed by atoms with van der Waals surface area (Å²) in [7, 11) is 0. The molecule has 0 bridgehead atoms. The van der Waals surface area contributed by atoms with Gasteiger partial charge in [-0.1, -0.05) is 0 Å². The Morgan fingerprint density at radius 1 is 1.39 bits per heavy atom. The molecule has 1 aliphatic heterocycles. The molecule has 1 aromatic carbocycles. The number of alkyl halides is 3. The molecule has 1 aromatic rings. The molecule has 1 saturated heterocycles. The summed E-state index contributed by atoms with van der Waals surface area (Å²) >= 11 is 0. The standard InChI is InChI=1S/C11H7F3N2O2/c12-11(13,14)7-1-3-9(4-2-7)18-10(17)16-6-8(16)5-15/h1-4,8H,6H2. The molecule has 1 atom stereocenters. The summed E-state index contributed by atoms with van der Waals surface area (Å²) in [5, 5.41) is 8.49. The monoisotopic (exact) mass is 256 g/mol. The van der Waals surface area contributed by atoms with E-state index in [0.29, 0.717) is 0 Å². The first-order chi connectivity index (χ1) is 8.41. The molecule has 1 amide bonds. The molecule has 0 aliphatic carbocycles. The third-order valence-corrected chi connectivity index (χ3v) is 2.38. The molecule has 0 N–H and O–H groups in total. The number of amides is 1. The van der Waals surface area contributed by atoms with Gasteiger partial charge in [-0.2, -0.15) is 18.4 Å². The van der Waals surface area contributed by atoms with E-state index in [1.54, 1.807) is 0 Å². The highest BCUT2D eigenvalue weighted by molar-refractivity contribution is 5.74. The number of halogens is 3. The fraction of sp³-hybridized carbons (Fsp3) is 0.273. The molecular formula is C11H7F3N2O2. The molecule has 0 radical (unpaired) electrons. The fourth-order valence-corrected chi connectivity index (χ4v) is 1.32. The first-order valence-electron chi connectivity index (χ1n) is 4.97. The summed E-state index contributed by atoms with van der Waals surface area (Å²) in [6, 6.07) is 5.14. The van der Waals surface area contributed by atoms with E-state index in [4.69, 9.17) is 10.00 Å². The van der Waals surface area contributed by atoms with Crippen LogP contribution in [0.2, 0.25) is 0 Å². The average molecular weight is 256 g/mol. The summed E-state index contributed by atoms with van der Waals surface area (Å²) in [5.74, 6) is 0.0107. The second-order valence-electron chi connectivity index (χ2n) is 3.69. The largest absolute Gasteiger partial charge is 0.416 e. The zero-order valence-electron chi connectivity index (χ0n) is 8.94. The molecule has 18 heavy (non-hydrogen) atoms. The molecule has 1 heterocycles. The molecule has 2 rings (SSSR count). The van der Waals surface area contributed by atoms with E-state index in [2.05, 4.69) is 0 Å². The van der Waals surface area contributed by atoms with E-state index >= 15 is 0 Å². The van der Waals surface area contributed by atoms with Crippen LogP contribution < -0.4 is 4.74 Å². The molecule has 1 unspecified atom stereocenters. The summed E-state index contributed by atoms with van der Waals surface area (Å²) in [5.41, 5.74) is -0.816. The molecule has 0 spiro atoms. The van der Waals surface area contributed by atoms with Crippen LogP contribution in [0.4, 0.5) is 18.0 Å². The van der Waals surface area contributed by atoms with Gasteiger partial charge in [-0.3, -0.25) is 4.90 Å². The molecule has 1 aliphatic rings. The lowest BCUT2D eigenvalue weighted by Gasteiger charge is -2.08. The highest BCUT2D eigenvalue weighted by Gasteiger charge is 2.40. The Labute approximate surface area is 100 Å². The Balaban J connectivity index is 1.99. The van der Waals surface area contributed by atoms with E-state index in [1.807, 2.05) is 6.07 Å². The zero-order chi connectivity index (χ0) is 13.3. The predicted octanol–water partition coefficient (Wildman–Crippen LogP) is 2.41. The van der Waals surface area contributed by atoms with Gasteiger partial charge in [0.15, 0.2) is 0 Å². The van der Waals surface area contributed by atoms with Gasteiger partial charge in [0.05, 0.1) is 18.2 Å². The van der Waals surface area contributed by atoms with Gasteiger partial charge in [-0.05, 0) is 24.3 Å². The number of carbonyl (C=O) groups excluding carboxylic acids is 1. The number of benzene rings is 1. The van der Waals surface area contributed by atoms with Crippen LogP contribution in [0.3, 0.4) is 0 Å². The van der Waals surface area contributed by atoms with Crippen molar-refractivity contribution in [2.75, 3.05) is 6.54 Å². The van der Waals surface area contributed by atoms with E-state index in [9.17, 15) is 18.0 Å². The average Bonchev–Trinajstić information content (AvgIpc) is 3.07. The van der Waals surface area contributed by atoms with Crippen molar-refractivity contribution in [1.82, 2.24) is 4.90 Å². The third kappa shape index (κ3) is 2.53. The number of hydrogen-bond donors (Lipinski definition) is 0. The lowest BCUT2D eigenvalue weighted by atomic mass is 10.2. The lowest BCUT2D eigenvalue weighted by molar-refractivity contribution is -0.137. The van der Waals surface area contributed by atoms with E-state index in [1.165, 1.54) is 0 Å². The quantitative estimate of drug-likeness (QED) is 0.725. The predicted molar refractivity (Wildman–Crippen MR) is 53.6 cm³/mol. The summed E-state index contributed by atoms with van der Waals surface area (Å²) in [6.45, 7) is 0.288. The minimum Gasteiger partial charge on any atom is -0.410 e. The highest BCUT2D eigenvalue weighted by Crippen LogP contribution is 2.30. The Morgan fingerprint density at radius 3 is 2.44 bits per heavy atom. The van der Waals surface area contributed by atoms with Crippen LogP contribution in [0.25, 0.3) is 0 Å². The van der Waals surface area contributed by atoms with Crippen molar-refractivity contribution >= 4 is 6.09 Å². The van der Waals surface area contributed by atoms with E-state index in [-0.39, 0.29) is 12.3 Å². The van der Waals surface area contributed by atoms with Gasteiger partial charge >= 0.3 is 12.3 Å². The minimum atomic E-state index is -4.42. The first-order valence-corrected chi connectivity index (χ1v) is 4.97. The van der Waals surface area contributed by atoms with Crippen LogP contribution in [-0.2, 0) is 6.18 Å². The topological polar surface area (TPSA) is 53.1 Å². The van der Waals surface area contributed by atoms with Gasteiger partial charge in [0.2, 0.25) is 0 Å². The van der Waals surface area contributed by atoms with Gasteiger partial charge in [0.1, 0.15) is 11.8 Å². The van der Waals surface area contributed by atoms with Crippen molar-refractivity contribution in [2.45, 2.75) is 12.2 Å². The summed E-state index contributed by atoms with van der Waals surface area (Å²) in [4.78, 5) is 12.5. The number of ether oxygens (including phenoxy) is 1. The van der Waals surface area contributed by atoms with Crippen LogP contribution in [0.5, 0.6) is 5.75 Å². The van der Waals surface area contributed by atoms with Gasteiger partial charge in [-0.15, -0.1) is 0 Å². The first kappa shape index (κ1) is 12.2. The fourth-order valence-electron chi connectivity index (χ4n) is 1.32. The van der Waals surface area contributed by atoms with Crippen LogP contribution >= 0.6 is 0 Å². The number of hydrogen-bond acceptors (Lipinski definition) is 3. The Morgan fingerprint density at radius 2 is 2.00 bits per heavy atom. The van der Waals surface area contributed by atoms with Gasteiger partial charge in [0, 0.05) is 0 Å². The normalized spacial score (nSPS) is 18.1. The number of nitrogens with zero attached hydrogens (tertiary/aromatic N) is 2. The van der Waals surface area contributed by atoms with Crippen LogP contribution in [0, 0.1) is 11.3 Å². The Kier molecular flexibility index (Phi) is 2.87. The Bertz CT molecular complexity index is 505. The number of nitriles is 1. The molecule has 7 heteroatoms. The zero-order valence-corrected chi connectivity index (χ0v) is 8.94. The highest BCUT2D eigenvalue weighted by atomic mass is 19.4. The molecule has 0 aromatic heterocycles. The van der Waals surface area contributed by atoms with Gasteiger partial charge in [-0.25, -0.2) is 4.79 Å². The smallest absolute Gasteiger partial charge is 0.410 e. The third-order valence-electron chi connectivity index (χ3n) is 2.38. The summed E-state index contributed by atoms with van der Waals surface area (Å²) < 4.78 is 41.6. The van der Waals surface area contributed by atoms with E-state index < -0.39 is 23.9 Å². The SMILES string of the molecule is N#CC1CN1C(=O)Oc1ccc(C(F)(F)F)cc1. The van der Waals surface area contributed by atoms with Crippen LogP contribution in [0.1, 0.15) is 5.56 Å². The maximum absolute atomic E-state index is 12.3. The van der Waals surface area contributed by atoms with Crippen molar-refractivity contribution in [3.63, 3.8) is 0 Å². The van der Waals surface area contributed by atoms with Crippen molar-refractivity contribution < 1.29 is 22.7 Å². The molecular weight excluding hydrogens is 249 g/mol. The molecule has 0 saturated carbocycles. The Hall–Kier alpha value is -2.23. The van der Waals surface area contributed by atoms with Gasteiger partial charge in [0.25, 0.3) is 0 Å². The lowest BCUT2D eigenvalue weighted by Crippen LogP contribution is -2.17. The molecule has 1 fully saturated rings. The van der Waals surface area contributed by atoms with Crippen LogP contribution in [0.15, 0.2) is 24.3 Å². The van der Waals surface area contributed by atoms with Crippen molar-refractivity contribution in [1.29, 1.82) is 5.26 Å². The maximum Gasteiger partial charge on any atom is 0.416 e. The molecule has 94 valence electrons. The van der Waals surface area contributed by atoms with E-state index in [0.717, 1.165) is 29.2 Å². The van der Waals surface area contributed by atoms with Crippen LogP contribution in [-0.4, -0.2) is 23.6 Å². The minimum absolute atomic E-state index is 0.0107. The molecule has 4 nitrogen and oxygen atoms in total. The van der Waals surface area contributed by atoms with Gasteiger partial charge < -0.3 is 4.74 Å². The number of carbonyl (C=O) groups is 1. The second-order valence-corrected chi connectivity index (χ2v) is 3.69. The summed E-state index contributed by atoms with van der Waals surface area (Å²) in [6.07, 6.45) is -5.16. The van der Waals surface area contributed by atoms with Crippen molar-refractivity contribution in [2.24, 2.45) is 0 Å². The second kappa shape index (κ2) is 4.22. The number of rotatable bonds is 1. The van der Waals surface area contributed by atoms with Crippen molar-refractivity contribution in [3.05, 3.63) is 29.8 Å². The van der Waals surface area contributed by atoms with Crippen molar-refractivity contribution in [3.8, 4) is 11.8 Å².